The minimum absolute atomic E-state index is 0.0527. The van der Waals surface area contributed by atoms with Crippen LogP contribution in [0.3, 0.4) is 0 Å². The van der Waals surface area contributed by atoms with Crippen molar-refractivity contribution in [2.24, 2.45) is 0 Å². The van der Waals surface area contributed by atoms with Crippen molar-refractivity contribution in [1.82, 2.24) is 14.5 Å². The van der Waals surface area contributed by atoms with E-state index in [9.17, 15) is 15.2 Å². The number of piperidine rings is 1. The smallest absolute Gasteiger partial charge is 0.287 e. The maximum Gasteiger partial charge on any atom is 0.287 e. The van der Waals surface area contributed by atoms with E-state index in [2.05, 4.69) is 4.98 Å². The van der Waals surface area contributed by atoms with Gasteiger partial charge >= 0.3 is 0 Å². The summed E-state index contributed by atoms with van der Waals surface area (Å²) in [4.78, 5) is 21.4. The summed E-state index contributed by atoms with van der Waals surface area (Å²) in [6.07, 6.45) is 2.54. The van der Waals surface area contributed by atoms with E-state index < -0.39 is 4.92 Å². The molecule has 3 heterocycles. The van der Waals surface area contributed by atoms with Crippen molar-refractivity contribution in [1.29, 1.82) is 0 Å². The lowest BCUT2D eigenvalue weighted by Crippen LogP contribution is -2.39. The van der Waals surface area contributed by atoms with Crippen LogP contribution >= 0.6 is 0 Å². The molecule has 2 aromatic heterocycles. The summed E-state index contributed by atoms with van der Waals surface area (Å²) in [5.41, 5.74) is 1.64. The number of aromatic nitrogens is 3. The molecule has 128 valence electrons. The van der Waals surface area contributed by atoms with Crippen LogP contribution in [-0.4, -0.2) is 43.8 Å². The van der Waals surface area contributed by atoms with Gasteiger partial charge in [-0.2, -0.15) is 0 Å². The van der Waals surface area contributed by atoms with Crippen molar-refractivity contribution in [2.45, 2.75) is 18.9 Å². The van der Waals surface area contributed by atoms with Gasteiger partial charge in [0.15, 0.2) is 0 Å². The van der Waals surface area contributed by atoms with Crippen LogP contribution in [0.4, 0.5) is 11.6 Å². The number of aliphatic hydroxyl groups excluding tert-OH is 1. The number of hydrogen-bond donors (Lipinski definition) is 1. The van der Waals surface area contributed by atoms with E-state index >= 15 is 0 Å². The highest BCUT2D eigenvalue weighted by molar-refractivity contribution is 5.81. The standard InChI is InChI=1S/C17H17N5O3/c23-13-4-3-9-20(11-13)17-19-14-5-1-2-6-15(14)21(17)16-8-7-12(10-18-16)22(24)25/h1-2,5-8,10,13,23H,3-4,9,11H2/t13-/m0/s1. The Morgan fingerprint density at radius 3 is 2.80 bits per heavy atom. The molecule has 0 amide bonds. The van der Waals surface area contributed by atoms with Gasteiger partial charge in [-0.3, -0.25) is 14.7 Å². The Bertz CT molecular complexity index is 922. The molecule has 0 bridgehead atoms. The van der Waals surface area contributed by atoms with E-state index in [1.165, 1.54) is 12.3 Å². The zero-order valence-electron chi connectivity index (χ0n) is 13.4. The molecule has 1 saturated heterocycles. The quantitative estimate of drug-likeness (QED) is 0.581. The number of nitrogens with zero attached hydrogens (tertiary/aromatic N) is 5. The Kier molecular flexibility index (Phi) is 3.81. The van der Waals surface area contributed by atoms with E-state index in [1.54, 1.807) is 6.07 Å². The molecule has 1 aliphatic rings. The first-order valence-electron chi connectivity index (χ1n) is 8.15. The number of fused-ring (bicyclic) bond motifs is 1. The second-order valence-electron chi connectivity index (χ2n) is 6.11. The molecule has 1 N–H and O–H groups in total. The molecule has 3 aromatic rings. The van der Waals surface area contributed by atoms with Crippen molar-refractivity contribution >= 4 is 22.7 Å². The predicted molar refractivity (Wildman–Crippen MR) is 93.0 cm³/mol. The van der Waals surface area contributed by atoms with Crippen LogP contribution in [-0.2, 0) is 0 Å². The van der Waals surface area contributed by atoms with Gasteiger partial charge in [-0.25, -0.2) is 9.97 Å². The van der Waals surface area contributed by atoms with Crippen LogP contribution in [0.5, 0.6) is 0 Å². The van der Waals surface area contributed by atoms with Crippen LogP contribution in [0.15, 0.2) is 42.6 Å². The van der Waals surface area contributed by atoms with Crippen LogP contribution in [0.25, 0.3) is 16.9 Å². The molecule has 1 fully saturated rings. The number of benzene rings is 1. The number of rotatable bonds is 3. The highest BCUT2D eigenvalue weighted by Gasteiger charge is 2.24. The second kappa shape index (κ2) is 6.14. The van der Waals surface area contributed by atoms with Gasteiger partial charge in [-0.15, -0.1) is 0 Å². The normalized spacial score (nSPS) is 17.8. The molecular weight excluding hydrogens is 322 g/mol. The number of hydrogen-bond acceptors (Lipinski definition) is 6. The van der Waals surface area contributed by atoms with Gasteiger partial charge in [-0.05, 0) is 31.0 Å². The number of anilines is 1. The van der Waals surface area contributed by atoms with Gasteiger partial charge < -0.3 is 10.0 Å². The largest absolute Gasteiger partial charge is 0.391 e. The SMILES string of the molecule is O=[N+]([O-])c1ccc(-n2c(N3CCC[C@H](O)C3)nc3ccccc32)nc1. The molecule has 0 aliphatic carbocycles. The monoisotopic (exact) mass is 339 g/mol. The molecule has 8 nitrogen and oxygen atoms in total. The molecular formula is C17H17N5O3. The maximum atomic E-state index is 10.9. The van der Waals surface area contributed by atoms with Crippen LogP contribution in [0.2, 0.25) is 0 Å². The fraction of sp³-hybridized carbons (Fsp3) is 0.294. The van der Waals surface area contributed by atoms with Gasteiger partial charge in [0, 0.05) is 19.2 Å². The third-order valence-corrected chi connectivity index (χ3v) is 4.39. The van der Waals surface area contributed by atoms with Gasteiger partial charge in [0.25, 0.3) is 5.69 Å². The van der Waals surface area contributed by atoms with E-state index in [1.807, 2.05) is 33.7 Å². The molecule has 25 heavy (non-hydrogen) atoms. The number of aliphatic hydroxyl groups is 1. The highest BCUT2D eigenvalue weighted by Crippen LogP contribution is 2.28. The topological polar surface area (TPSA) is 97.3 Å². The number of pyridine rings is 1. The fourth-order valence-electron chi connectivity index (χ4n) is 3.21. The third-order valence-electron chi connectivity index (χ3n) is 4.39. The molecule has 0 spiro atoms. The maximum absolute atomic E-state index is 10.9. The van der Waals surface area contributed by atoms with Crippen molar-refractivity contribution in [3.63, 3.8) is 0 Å². The van der Waals surface area contributed by atoms with Crippen molar-refractivity contribution in [3.05, 3.63) is 52.7 Å². The molecule has 0 saturated carbocycles. The van der Waals surface area contributed by atoms with Gasteiger partial charge in [0.2, 0.25) is 5.95 Å². The van der Waals surface area contributed by atoms with Crippen molar-refractivity contribution in [2.75, 3.05) is 18.0 Å². The molecule has 4 rings (SSSR count). The average molecular weight is 339 g/mol. The lowest BCUT2D eigenvalue weighted by Gasteiger charge is -2.31. The van der Waals surface area contributed by atoms with Crippen LogP contribution in [0.1, 0.15) is 12.8 Å². The van der Waals surface area contributed by atoms with E-state index in [0.29, 0.717) is 18.3 Å². The lowest BCUT2D eigenvalue weighted by molar-refractivity contribution is -0.385. The summed E-state index contributed by atoms with van der Waals surface area (Å²) in [5, 5.41) is 20.9. The molecule has 1 aromatic carbocycles. The molecule has 0 unspecified atom stereocenters. The Morgan fingerprint density at radius 2 is 2.08 bits per heavy atom. The van der Waals surface area contributed by atoms with Gasteiger partial charge in [0.1, 0.15) is 12.0 Å². The number of β-amino-alcohol motifs (C(OH)–C–C–N with tert-alkyl or cyclic N) is 1. The summed E-state index contributed by atoms with van der Waals surface area (Å²) in [6, 6.07) is 10.7. The van der Waals surface area contributed by atoms with Crippen LogP contribution in [0, 0.1) is 10.1 Å². The molecule has 1 atom stereocenters. The number of nitro groups is 1. The van der Waals surface area contributed by atoms with E-state index in [4.69, 9.17) is 4.98 Å². The first-order chi connectivity index (χ1) is 12.1. The Labute approximate surface area is 143 Å². The third kappa shape index (κ3) is 2.80. The summed E-state index contributed by atoms with van der Waals surface area (Å²) in [7, 11) is 0. The van der Waals surface area contributed by atoms with E-state index in [0.717, 1.165) is 30.4 Å². The van der Waals surface area contributed by atoms with E-state index in [-0.39, 0.29) is 11.8 Å². The first kappa shape index (κ1) is 15.5. The molecule has 1 aliphatic heterocycles. The Balaban J connectivity index is 1.85. The highest BCUT2D eigenvalue weighted by atomic mass is 16.6. The minimum Gasteiger partial charge on any atom is -0.391 e. The predicted octanol–water partition coefficient (Wildman–Crippen LogP) is 2.29. The van der Waals surface area contributed by atoms with Crippen LogP contribution < -0.4 is 4.90 Å². The summed E-state index contributed by atoms with van der Waals surface area (Å²) in [6.45, 7) is 1.31. The first-order valence-corrected chi connectivity index (χ1v) is 8.15. The fourth-order valence-corrected chi connectivity index (χ4v) is 3.21. The summed E-state index contributed by atoms with van der Waals surface area (Å²) >= 11 is 0. The lowest BCUT2D eigenvalue weighted by atomic mass is 10.1. The molecule has 0 radical (unpaired) electrons. The van der Waals surface area contributed by atoms with Crippen molar-refractivity contribution in [3.8, 4) is 5.82 Å². The van der Waals surface area contributed by atoms with Gasteiger partial charge in [0.05, 0.1) is 22.1 Å². The summed E-state index contributed by atoms with van der Waals surface area (Å²) in [5.74, 6) is 1.26. The average Bonchev–Trinajstić information content (AvgIpc) is 3.01. The molecule has 8 heteroatoms. The Morgan fingerprint density at radius 1 is 1.24 bits per heavy atom. The second-order valence-corrected chi connectivity index (χ2v) is 6.11. The zero-order chi connectivity index (χ0) is 17.4. The number of para-hydroxylation sites is 2. The minimum atomic E-state index is -0.468. The zero-order valence-corrected chi connectivity index (χ0v) is 13.4. The number of imidazole rings is 1. The van der Waals surface area contributed by atoms with Crippen molar-refractivity contribution < 1.29 is 10.0 Å². The Hall–Kier alpha value is -3.00. The van der Waals surface area contributed by atoms with Gasteiger partial charge in [-0.1, -0.05) is 12.1 Å². The summed E-state index contributed by atoms with van der Waals surface area (Å²) < 4.78 is 1.89.